The van der Waals surface area contributed by atoms with Crippen LogP contribution in [0.1, 0.15) is 48.2 Å². The maximum atomic E-state index is 12.4. The first kappa shape index (κ1) is 17.7. The molecule has 0 saturated heterocycles. The second-order valence-electron chi connectivity index (χ2n) is 5.26. The van der Waals surface area contributed by atoms with Crippen LogP contribution in [0, 0.1) is 19.8 Å². The van der Waals surface area contributed by atoms with Crippen LogP contribution in [0.3, 0.4) is 0 Å². The summed E-state index contributed by atoms with van der Waals surface area (Å²) in [5.41, 5.74) is 1.22. The molecule has 0 amide bonds. The quantitative estimate of drug-likeness (QED) is 0.810. The molecule has 1 aromatic rings. The molecule has 0 saturated carbocycles. The zero-order chi connectivity index (χ0) is 16.2. The van der Waals surface area contributed by atoms with E-state index in [0.717, 1.165) is 12.8 Å². The van der Waals surface area contributed by atoms with E-state index >= 15 is 0 Å². The molecule has 0 heterocycles. The molecule has 0 bridgehead atoms. The van der Waals surface area contributed by atoms with E-state index in [9.17, 15) is 13.2 Å². The standard InChI is InChI=1S/C15H23NO4S/c1-5-12(6-2)9-16-21(19,20)14-8-13(15(17)18)7-10(3)11(14)4/h7-8,12,16H,5-6,9H2,1-4H3,(H,17,18). The molecule has 6 heteroatoms. The smallest absolute Gasteiger partial charge is 0.335 e. The highest BCUT2D eigenvalue weighted by molar-refractivity contribution is 7.89. The topological polar surface area (TPSA) is 83.5 Å². The minimum absolute atomic E-state index is 0.0130. The normalized spacial score (nSPS) is 11.9. The molecule has 0 aromatic heterocycles. The summed E-state index contributed by atoms with van der Waals surface area (Å²) in [6.07, 6.45) is 1.79. The number of aromatic carboxylic acids is 1. The molecule has 5 nitrogen and oxygen atoms in total. The average molecular weight is 313 g/mol. The lowest BCUT2D eigenvalue weighted by Gasteiger charge is -2.16. The largest absolute Gasteiger partial charge is 0.478 e. The molecule has 1 aromatic carbocycles. The van der Waals surface area contributed by atoms with Crippen molar-refractivity contribution in [2.24, 2.45) is 5.92 Å². The van der Waals surface area contributed by atoms with Gasteiger partial charge >= 0.3 is 5.97 Å². The monoisotopic (exact) mass is 313 g/mol. The van der Waals surface area contributed by atoms with E-state index < -0.39 is 16.0 Å². The Kier molecular flexibility index (Phi) is 5.92. The first-order chi connectivity index (χ1) is 9.72. The summed E-state index contributed by atoms with van der Waals surface area (Å²) in [6.45, 7) is 7.80. The van der Waals surface area contributed by atoms with Crippen LogP contribution in [0.4, 0.5) is 0 Å². The molecule has 0 unspecified atom stereocenters. The lowest BCUT2D eigenvalue weighted by molar-refractivity contribution is 0.0696. The Bertz CT molecular complexity index is 619. The SMILES string of the molecule is CCC(CC)CNS(=O)(=O)c1cc(C(=O)O)cc(C)c1C. The summed E-state index contributed by atoms with van der Waals surface area (Å²) in [6, 6.07) is 2.71. The molecule has 0 aliphatic carbocycles. The number of hydrogen-bond acceptors (Lipinski definition) is 3. The van der Waals surface area contributed by atoms with E-state index in [1.807, 2.05) is 13.8 Å². The molecule has 0 radical (unpaired) electrons. The van der Waals surface area contributed by atoms with Crippen molar-refractivity contribution >= 4 is 16.0 Å². The molecular weight excluding hydrogens is 290 g/mol. The van der Waals surface area contributed by atoms with Crippen LogP contribution in [-0.4, -0.2) is 26.0 Å². The minimum Gasteiger partial charge on any atom is -0.478 e. The van der Waals surface area contributed by atoms with Gasteiger partial charge in [0.2, 0.25) is 10.0 Å². The zero-order valence-electron chi connectivity index (χ0n) is 12.9. The molecule has 21 heavy (non-hydrogen) atoms. The van der Waals surface area contributed by atoms with Gasteiger partial charge in [0.05, 0.1) is 10.5 Å². The molecule has 2 N–H and O–H groups in total. The van der Waals surface area contributed by atoms with Gasteiger partial charge in [-0.05, 0) is 43.0 Å². The molecular formula is C15H23NO4S. The van der Waals surface area contributed by atoms with Crippen molar-refractivity contribution in [1.82, 2.24) is 4.72 Å². The van der Waals surface area contributed by atoms with Gasteiger partial charge in [0, 0.05) is 6.54 Å². The van der Waals surface area contributed by atoms with Gasteiger partial charge in [0.25, 0.3) is 0 Å². The highest BCUT2D eigenvalue weighted by Crippen LogP contribution is 2.21. The minimum atomic E-state index is -3.70. The Balaban J connectivity index is 3.16. The Hall–Kier alpha value is -1.40. The Morgan fingerprint density at radius 2 is 1.81 bits per heavy atom. The van der Waals surface area contributed by atoms with Crippen LogP contribution < -0.4 is 4.72 Å². The number of carbonyl (C=O) groups is 1. The van der Waals surface area contributed by atoms with Crippen LogP contribution in [0.2, 0.25) is 0 Å². The van der Waals surface area contributed by atoms with E-state index in [4.69, 9.17) is 5.11 Å². The number of hydrogen-bond donors (Lipinski definition) is 2. The van der Waals surface area contributed by atoms with E-state index in [0.29, 0.717) is 17.7 Å². The molecule has 118 valence electrons. The fourth-order valence-corrected chi connectivity index (χ4v) is 3.57. The van der Waals surface area contributed by atoms with E-state index in [1.165, 1.54) is 12.1 Å². The predicted molar refractivity (Wildman–Crippen MR) is 82.1 cm³/mol. The number of benzene rings is 1. The fourth-order valence-electron chi connectivity index (χ4n) is 2.11. The Morgan fingerprint density at radius 1 is 1.24 bits per heavy atom. The van der Waals surface area contributed by atoms with Gasteiger partial charge in [-0.1, -0.05) is 26.7 Å². The maximum Gasteiger partial charge on any atom is 0.335 e. The summed E-state index contributed by atoms with van der Waals surface area (Å²) in [7, 11) is -3.70. The second-order valence-corrected chi connectivity index (χ2v) is 6.99. The number of carboxylic acids is 1. The predicted octanol–water partition coefficient (Wildman–Crippen LogP) is 2.72. The van der Waals surface area contributed by atoms with E-state index in [-0.39, 0.29) is 16.4 Å². The summed E-state index contributed by atoms with van der Waals surface area (Å²) in [5.74, 6) is -0.849. The molecule has 1 rings (SSSR count). The first-order valence-corrected chi connectivity index (χ1v) is 8.55. The second kappa shape index (κ2) is 7.04. The van der Waals surface area contributed by atoms with Crippen molar-refractivity contribution in [3.8, 4) is 0 Å². The number of aryl methyl sites for hydroxylation is 1. The zero-order valence-corrected chi connectivity index (χ0v) is 13.8. The van der Waals surface area contributed by atoms with Crippen molar-refractivity contribution in [1.29, 1.82) is 0 Å². The summed E-state index contributed by atoms with van der Waals surface area (Å²) < 4.78 is 27.4. The molecule has 0 spiro atoms. The van der Waals surface area contributed by atoms with Gasteiger partial charge in [0.15, 0.2) is 0 Å². The van der Waals surface area contributed by atoms with Crippen LogP contribution in [0.15, 0.2) is 17.0 Å². The number of rotatable bonds is 7. The summed E-state index contributed by atoms with van der Waals surface area (Å²) in [5, 5.41) is 9.07. The lowest BCUT2D eigenvalue weighted by atomic mass is 10.0. The van der Waals surface area contributed by atoms with Crippen molar-refractivity contribution in [3.05, 3.63) is 28.8 Å². The highest BCUT2D eigenvalue weighted by Gasteiger charge is 2.21. The van der Waals surface area contributed by atoms with Crippen LogP contribution in [-0.2, 0) is 10.0 Å². The highest BCUT2D eigenvalue weighted by atomic mass is 32.2. The van der Waals surface area contributed by atoms with Gasteiger partial charge in [-0.3, -0.25) is 0 Å². The lowest BCUT2D eigenvalue weighted by Crippen LogP contribution is -2.30. The molecule has 0 fully saturated rings. The van der Waals surface area contributed by atoms with E-state index in [1.54, 1.807) is 13.8 Å². The first-order valence-electron chi connectivity index (χ1n) is 7.07. The van der Waals surface area contributed by atoms with Gasteiger partial charge in [-0.2, -0.15) is 0 Å². The number of carboxylic acid groups (broad SMARTS) is 1. The van der Waals surface area contributed by atoms with Crippen molar-refractivity contribution in [2.45, 2.75) is 45.4 Å². The van der Waals surface area contributed by atoms with Crippen LogP contribution in [0.5, 0.6) is 0 Å². The van der Waals surface area contributed by atoms with Crippen molar-refractivity contribution < 1.29 is 18.3 Å². The average Bonchev–Trinajstić information content (AvgIpc) is 2.42. The van der Waals surface area contributed by atoms with Crippen LogP contribution >= 0.6 is 0 Å². The van der Waals surface area contributed by atoms with Crippen LogP contribution in [0.25, 0.3) is 0 Å². The van der Waals surface area contributed by atoms with Gasteiger partial charge in [0.1, 0.15) is 0 Å². The molecule has 0 aliphatic rings. The fraction of sp³-hybridized carbons (Fsp3) is 0.533. The Morgan fingerprint density at radius 3 is 2.29 bits per heavy atom. The molecule has 0 atom stereocenters. The summed E-state index contributed by atoms with van der Waals surface area (Å²) in [4.78, 5) is 11.1. The van der Waals surface area contributed by atoms with Crippen molar-refractivity contribution in [2.75, 3.05) is 6.54 Å². The Labute approximate surface area is 126 Å². The number of sulfonamides is 1. The van der Waals surface area contributed by atoms with Gasteiger partial charge < -0.3 is 5.11 Å². The third-order valence-corrected chi connectivity index (χ3v) is 5.42. The summed E-state index contributed by atoms with van der Waals surface area (Å²) >= 11 is 0. The maximum absolute atomic E-state index is 12.4. The third kappa shape index (κ3) is 4.28. The third-order valence-electron chi connectivity index (χ3n) is 3.87. The van der Waals surface area contributed by atoms with Gasteiger partial charge in [-0.25, -0.2) is 17.9 Å². The molecule has 0 aliphatic heterocycles. The van der Waals surface area contributed by atoms with Crippen molar-refractivity contribution in [3.63, 3.8) is 0 Å². The number of nitrogens with one attached hydrogen (secondary N) is 1. The van der Waals surface area contributed by atoms with Gasteiger partial charge in [-0.15, -0.1) is 0 Å². The van der Waals surface area contributed by atoms with E-state index in [2.05, 4.69) is 4.72 Å².